The lowest BCUT2D eigenvalue weighted by Gasteiger charge is -2.32. The largest absolute Gasteiger partial charge is 0.481 e. The Morgan fingerprint density at radius 3 is 2.83 bits per heavy atom. The van der Waals surface area contributed by atoms with Crippen molar-refractivity contribution in [1.29, 1.82) is 0 Å². The highest BCUT2D eigenvalue weighted by molar-refractivity contribution is 5.77. The lowest BCUT2D eigenvalue weighted by atomic mass is 10.1. The number of amides is 1. The summed E-state index contributed by atoms with van der Waals surface area (Å²) in [4.78, 5) is 22.0. The average Bonchev–Trinajstić information content (AvgIpc) is 2.62. The maximum Gasteiger partial charge on any atom is 0.316 e. The fourth-order valence-corrected chi connectivity index (χ4v) is 2.55. The number of benzene rings is 1. The predicted molar refractivity (Wildman–Crippen MR) is 84.2 cm³/mol. The van der Waals surface area contributed by atoms with E-state index in [4.69, 9.17) is 9.47 Å². The van der Waals surface area contributed by atoms with Crippen molar-refractivity contribution in [2.75, 3.05) is 19.7 Å². The minimum Gasteiger partial charge on any atom is -0.481 e. The van der Waals surface area contributed by atoms with Crippen LogP contribution in [0.2, 0.25) is 0 Å². The summed E-state index contributed by atoms with van der Waals surface area (Å²) in [5.74, 6) is -0.597. The number of carbonyl (C=O) groups excluding carboxylic acids is 1. The second-order valence-corrected chi connectivity index (χ2v) is 5.47. The van der Waals surface area contributed by atoms with Gasteiger partial charge in [-0.1, -0.05) is 12.1 Å². The normalized spacial score (nSPS) is 17.4. The number of aromatic nitrogens is 2. The SMILES string of the molecule is O=C(COc1ccccc1F)N1CCC[C@H](Oc2ncccn2)C1. The van der Waals surface area contributed by atoms with Gasteiger partial charge in [-0.15, -0.1) is 0 Å². The van der Waals surface area contributed by atoms with Gasteiger partial charge in [0.1, 0.15) is 6.10 Å². The van der Waals surface area contributed by atoms with Crippen LogP contribution in [-0.2, 0) is 4.79 Å². The van der Waals surface area contributed by atoms with Crippen molar-refractivity contribution in [3.05, 3.63) is 48.5 Å². The van der Waals surface area contributed by atoms with Crippen LogP contribution in [-0.4, -0.2) is 46.6 Å². The molecule has 1 aromatic heterocycles. The average molecular weight is 331 g/mol. The molecule has 1 fully saturated rings. The fourth-order valence-electron chi connectivity index (χ4n) is 2.55. The van der Waals surface area contributed by atoms with Crippen LogP contribution in [0.15, 0.2) is 42.7 Å². The Kier molecular flexibility index (Phi) is 5.20. The van der Waals surface area contributed by atoms with Crippen LogP contribution >= 0.6 is 0 Å². The zero-order valence-corrected chi connectivity index (χ0v) is 13.1. The van der Waals surface area contributed by atoms with Gasteiger partial charge in [-0.2, -0.15) is 0 Å². The lowest BCUT2D eigenvalue weighted by Crippen LogP contribution is -2.46. The number of hydrogen-bond donors (Lipinski definition) is 0. The Hall–Kier alpha value is -2.70. The second kappa shape index (κ2) is 7.72. The van der Waals surface area contributed by atoms with E-state index in [1.165, 1.54) is 12.1 Å². The molecule has 6 nitrogen and oxygen atoms in total. The van der Waals surface area contributed by atoms with Gasteiger partial charge in [0.05, 0.1) is 6.54 Å². The van der Waals surface area contributed by atoms with Crippen molar-refractivity contribution >= 4 is 5.91 Å². The Balaban J connectivity index is 1.52. The molecule has 0 unspecified atom stereocenters. The van der Waals surface area contributed by atoms with Gasteiger partial charge in [0.25, 0.3) is 5.91 Å². The summed E-state index contributed by atoms with van der Waals surface area (Å²) in [6.45, 7) is 0.877. The first kappa shape index (κ1) is 16.2. The van der Waals surface area contributed by atoms with Crippen LogP contribution in [0.25, 0.3) is 0 Å². The van der Waals surface area contributed by atoms with Crippen molar-refractivity contribution in [2.45, 2.75) is 18.9 Å². The van der Waals surface area contributed by atoms with Crippen molar-refractivity contribution in [3.8, 4) is 11.8 Å². The van der Waals surface area contributed by atoms with E-state index in [0.717, 1.165) is 12.8 Å². The first-order valence-corrected chi connectivity index (χ1v) is 7.81. The molecule has 24 heavy (non-hydrogen) atoms. The number of piperidine rings is 1. The van der Waals surface area contributed by atoms with Gasteiger partial charge >= 0.3 is 6.01 Å². The quantitative estimate of drug-likeness (QED) is 0.839. The number of hydrogen-bond acceptors (Lipinski definition) is 5. The van der Waals surface area contributed by atoms with Gasteiger partial charge < -0.3 is 14.4 Å². The molecule has 2 aromatic rings. The molecule has 1 aromatic carbocycles. The van der Waals surface area contributed by atoms with Crippen molar-refractivity contribution in [1.82, 2.24) is 14.9 Å². The third-order valence-electron chi connectivity index (χ3n) is 3.73. The zero-order chi connectivity index (χ0) is 16.8. The number of carbonyl (C=O) groups is 1. The van der Waals surface area contributed by atoms with Crippen molar-refractivity contribution < 1.29 is 18.7 Å². The maximum absolute atomic E-state index is 13.5. The molecular formula is C17H18FN3O3. The second-order valence-electron chi connectivity index (χ2n) is 5.47. The van der Waals surface area contributed by atoms with Crippen LogP contribution in [0.4, 0.5) is 4.39 Å². The minimum absolute atomic E-state index is 0.0772. The summed E-state index contributed by atoms with van der Waals surface area (Å²) < 4.78 is 24.5. The zero-order valence-electron chi connectivity index (χ0n) is 13.1. The third-order valence-corrected chi connectivity index (χ3v) is 3.73. The summed E-state index contributed by atoms with van der Waals surface area (Å²) in [5, 5.41) is 0. The van der Waals surface area contributed by atoms with Gasteiger partial charge in [-0.3, -0.25) is 4.79 Å². The van der Waals surface area contributed by atoms with Gasteiger partial charge in [0.2, 0.25) is 0 Å². The highest BCUT2D eigenvalue weighted by Gasteiger charge is 2.25. The molecule has 0 N–H and O–H groups in total. The topological polar surface area (TPSA) is 64.5 Å². The smallest absolute Gasteiger partial charge is 0.316 e. The molecule has 1 amide bonds. The molecule has 7 heteroatoms. The Morgan fingerprint density at radius 2 is 2.04 bits per heavy atom. The molecule has 1 aliphatic heterocycles. The summed E-state index contributed by atoms with van der Waals surface area (Å²) in [5.41, 5.74) is 0. The van der Waals surface area contributed by atoms with Crippen LogP contribution < -0.4 is 9.47 Å². The van der Waals surface area contributed by atoms with E-state index in [1.54, 1.807) is 35.5 Å². The Labute approximate surface area is 139 Å². The molecule has 0 bridgehead atoms. The van der Waals surface area contributed by atoms with Crippen LogP contribution in [0.3, 0.4) is 0 Å². The maximum atomic E-state index is 13.5. The van der Waals surface area contributed by atoms with Crippen LogP contribution in [0.5, 0.6) is 11.8 Å². The van der Waals surface area contributed by atoms with Crippen LogP contribution in [0, 0.1) is 5.82 Å². The molecule has 0 spiro atoms. The summed E-state index contributed by atoms with van der Waals surface area (Å²) in [6, 6.07) is 8.04. The number of rotatable bonds is 5. The van der Waals surface area contributed by atoms with E-state index >= 15 is 0 Å². The van der Waals surface area contributed by atoms with Crippen LogP contribution in [0.1, 0.15) is 12.8 Å². The summed E-state index contributed by atoms with van der Waals surface area (Å²) in [7, 11) is 0. The molecule has 3 rings (SSSR count). The molecule has 1 aliphatic rings. The van der Waals surface area contributed by atoms with Gasteiger partial charge in [0.15, 0.2) is 18.2 Å². The lowest BCUT2D eigenvalue weighted by molar-refractivity contribution is -0.136. The molecule has 1 atom stereocenters. The number of ether oxygens (including phenoxy) is 2. The predicted octanol–water partition coefficient (Wildman–Crippen LogP) is 2.06. The first-order chi connectivity index (χ1) is 11.7. The van der Waals surface area contributed by atoms with E-state index in [-0.39, 0.29) is 24.4 Å². The molecule has 2 heterocycles. The molecule has 1 saturated heterocycles. The van der Waals surface area contributed by atoms with E-state index in [1.807, 2.05) is 0 Å². The summed E-state index contributed by atoms with van der Waals surface area (Å²) >= 11 is 0. The molecular weight excluding hydrogens is 313 g/mol. The Morgan fingerprint density at radius 1 is 1.25 bits per heavy atom. The number of halogens is 1. The molecule has 0 aliphatic carbocycles. The number of para-hydroxylation sites is 1. The molecule has 0 radical (unpaired) electrons. The first-order valence-electron chi connectivity index (χ1n) is 7.81. The standard InChI is InChI=1S/C17H18FN3O3/c18-14-6-1-2-7-15(14)23-12-16(22)21-10-3-5-13(11-21)24-17-19-8-4-9-20-17/h1-2,4,6-9,13H,3,5,10-12H2/t13-/m0/s1. The van der Waals surface area contributed by atoms with E-state index in [2.05, 4.69) is 9.97 Å². The molecule has 126 valence electrons. The fraction of sp³-hybridized carbons (Fsp3) is 0.353. The third kappa shape index (κ3) is 4.18. The monoisotopic (exact) mass is 331 g/mol. The summed E-state index contributed by atoms with van der Waals surface area (Å²) in [6.07, 6.45) is 4.71. The highest BCUT2D eigenvalue weighted by Crippen LogP contribution is 2.17. The molecule has 0 saturated carbocycles. The van der Waals surface area contributed by atoms with Gasteiger partial charge in [-0.25, -0.2) is 14.4 Å². The highest BCUT2D eigenvalue weighted by atomic mass is 19.1. The number of likely N-dealkylation sites (tertiary alicyclic amines) is 1. The van der Waals surface area contributed by atoms with E-state index in [9.17, 15) is 9.18 Å². The van der Waals surface area contributed by atoms with Gasteiger partial charge in [0, 0.05) is 18.9 Å². The van der Waals surface area contributed by atoms with Gasteiger partial charge in [-0.05, 0) is 31.0 Å². The van der Waals surface area contributed by atoms with Crippen molar-refractivity contribution in [2.24, 2.45) is 0 Å². The van der Waals surface area contributed by atoms with E-state index < -0.39 is 5.82 Å². The van der Waals surface area contributed by atoms with Crippen molar-refractivity contribution in [3.63, 3.8) is 0 Å². The number of nitrogens with zero attached hydrogens (tertiary/aromatic N) is 3. The Bertz CT molecular complexity index is 684. The van der Waals surface area contributed by atoms with E-state index in [0.29, 0.717) is 19.1 Å². The minimum atomic E-state index is -0.480.